The smallest absolute Gasteiger partial charge is 0.161 e. The highest BCUT2D eigenvalue weighted by Gasteiger charge is 2.23. The molecular weight excluding hydrogens is 332 g/mol. The third-order valence-electron chi connectivity index (χ3n) is 4.70. The van der Waals surface area contributed by atoms with Crippen molar-refractivity contribution in [1.82, 2.24) is 20.0 Å². The van der Waals surface area contributed by atoms with Crippen LogP contribution in [0, 0.1) is 0 Å². The fourth-order valence-electron chi connectivity index (χ4n) is 3.32. The Balaban J connectivity index is 1.74. The molecule has 7 heteroatoms. The van der Waals surface area contributed by atoms with Crippen molar-refractivity contribution < 1.29 is 14.2 Å². The molecule has 0 saturated carbocycles. The summed E-state index contributed by atoms with van der Waals surface area (Å²) in [4.78, 5) is 2.46. The monoisotopic (exact) mass is 360 g/mol. The second-order valence-electron chi connectivity index (χ2n) is 6.43. The van der Waals surface area contributed by atoms with Gasteiger partial charge in [-0.3, -0.25) is 9.58 Å². The Morgan fingerprint density at radius 2 is 1.96 bits per heavy atom. The zero-order valence-electron chi connectivity index (χ0n) is 15.8. The van der Waals surface area contributed by atoms with Gasteiger partial charge in [0, 0.05) is 51.0 Å². The average molecular weight is 360 g/mol. The average Bonchev–Trinajstić information content (AvgIpc) is 3.10. The van der Waals surface area contributed by atoms with Crippen molar-refractivity contribution in [2.24, 2.45) is 7.05 Å². The van der Waals surface area contributed by atoms with Gasteiger partial charge in [-0.15, -0.1) is 0 Å². The lowest BCUT2D eigenvalue weighted by Crippen LogP contribution is -2.42. The maximum Gasteiger partial charge on any atom is 0.161 e. The number of benzene rings is 1. The van der Waals surface area contributed by atoms with E-state index >= 15 is 0 Å². The first kappa shape index (κ1) is 18.7. The van der Waals surface area contributed by atoms with Gasteiger partial charge in [-0.1, -0.05) is 6.07 Å². The van der Waals surface area contributed by atoms with Crippen molar-refractivity contribution >= 4 is 0 Å². The second-order valence-corrected chi connectivity index (χ2v) is 6.43. The minimum Gasteiger partial charge on any atom is -0.493 e. The Morgan fingerprint density at radius 1 is 1.19 bits per heavy atom. The van der Waals surface area contributed by atoms with E-state index in [0.29, 0.717) is 0 Å². The molecular formula is C19H28N4O3. The fourth-order valence-corrected chi connectivity index (χ4v) is 3.32. The highest BCUT2D eigenvalue weighted by Crippen LogP contribution is 2.32. The van der Waals surface area contributed by atoms with E-state index in [9.17, 15) is 0 Å². The maximum atomic E-state index is 5.53. The quantitative estimate of drug-likeness (QED) is 0.772. The van der Waals surface area contributed by atoms with Crippen molar-refractivity contribution in [3.8, 4) is 11.5 Å². The second kappa shape index (κ2) is 9.02. The van der Waals surface area contributed by atoms with E-state index in [4.69, 9.17) is 14.2 Å². The third-order valence-corrected chi connectivity index (χ3v) is 4.70. The molecule has 1 unspecified atom stereocenters. The van der Waals surface area contributed by atoms with Crippen LogP contribution < -0.4 is 14.8 Å². The minimum absolute atomic E-state index is 0.246. The molecule has 0 radical (unpaired) electrons. The van der Waals surface area contributed by atoms with Gasteiger partial charge in [0.05, 0.1) is 33.6 Å². The molecule has 3 rings (SSSR count). The van der Waals surface area contributed by atoms with Crippen molar-refractivity contribution in [1.29, 1.82) is 0 Å². The van der Waals surface area contributed by atoms with Crippen LogP contribution in [-0.2, 0) is 18.3 Å². The molecule has 1 atom stereocenters. The molecule has 1 aromatic carbocycles. The molecule has 1 fully saturated rings. The van der Waals surface area contributed by atoms with Gasteiger partial charge >= 0.3 is 0 Å². The number of nitrogens with one attached hydrogen (secondary N) is 1. The number of morpholine rings is 1. The summed E-state index contributed by atoms with van der Waals surface area (Å²) < 4.78 is 18.2. The number of hydrogen-bond acceptors (Lipinski definition) is 6. The molecule has 2 heterocycles. The predicted molar refractivity (Wildman–Crippen MR) is 99.6 cm³/mol. The molecule has 0 spiro atoms. The lowest BCUT2D eigenvalue weighted by atomic mass is 10.0. The highest BCUT2D eigenvalue weighted by atomic mass is 16.5. The van der Waals surface area contributed by atoms with Crippen molar-refractivity contribution in [3.05, 3.63) is 41.7 Å². The number of aromatic nitrogens is 2. The molecule has 26 heavy (non-hydrogen) atoms. The van der Waals surface area contributed by atoms with Gasteiger partial charge in [0.15, 0.2) is 11.5 Å². The van der Waals surface area contributed by atoms with E-state index in [0.717, 1.165) is 50.9 Å². The molecule has 7 nitrogen and oxygen atoms in total. The normalized spacial score (nSPS) is 16.4. The van der Waals surface area contributed by atoms with Crippen LogP contribution in [0.15, 0.2) is 30.6 Å². The first-order valence-corrected chi connectivity index (χ1v) is 8.93. The lowest BCUT2D eigenvalue weighted by Gasteiger charge is -2.35. The number of hydrogen-bond donors (Lipinski definition) is 1. The topological polar surface area (TPSA) is 60.8 Å². The fraction of sp³-hybridized carbons (Fsp3) is 0.526. The Kier molecular flexibility index (Phi) is 6.49. The molecule has 1 aromatic heterocycles. The van der Waals surface area contributed by atoms with Crippen LogP contribution in [0.4, 0.5) is 0 Å². The Morgan fingerprint density at radius 3 is 2.62 bits per heavy atom. The van der Waals surface area contributed by atoms with Gasteiger partial charge in [0.1, 0.15) is 0 Å². The number of ether oxygens (including phenoxy) is 3. The highest BCUT2D eigenvalue weighted by molar-refractivity contribution is 5.44. The Labute approximate surface area is 154 Å². The molecule has 0 aliphatic carbocycles. The molecule has 1 saturated heterocycles. The predicted octanol–water partition coefficient (Wildman–Crippen LogP) is 1.60. The van der Waals surface area contributed by atoms with Crippen LogP contribution in [0.25, 0.3) is 0 Å². The van der Waals surface area contributed by atoms with E-state index in [2.05, 4.69) is 27.4 Å². The first-order valence-electron chi connectivity index (χ1n) is 8.93. The number of aryl methyl sites for hydroxylation is 1. The summed E-state index contributed by atoms with van der Waals surface area (Å²) in [6.07, 6.45) is 3.93. The minimum atomic E-state index is 0.246. The van der Waals surface area contributed by atoms with Gasteiger partial charge < -0.3 is 19.5 Å². The van der Waals surface area contributed by atoms with Crippen molar-refractivity contribution in [3.63, 3.8) is 0 Å². The SMILES string of the molecule is COc1ccc(C(CNCc2cnn(C)c2)N2CCOCC2)cc1OC. The van der Waals surface area contributed by atoms with E-state index in [-0.39, 0.29) is 6.04 Å². The van der Waals surface area contributed by atoms with Gasteiger partial charge in [0.2, 0.25) is 0 Å². The standard InChI is InChI=1S/C19H28N4O3/c1-22-14-15(12-21-22)11-20-13-17(23-6-8-26-9-7-23)16-4-5-18(24-2)19(10-16)25-3/h4-5,10,12,14,17,20H,6-9,11,13H2,1-3H3. The molecule has 0 bridgehead atoms. The summed E-state index contributed by atoms with van der Waals surface area (Å²) in [5.41, 5.74) is 2.39. The van der Waals surface area contributed by atoms with E-state index < -0.39 is 0 Å². The van der Waals surface area contributed by atoms with Gasteiger partial charge in [-0.2, -0.15) is 5.10 Å². The molecule has 1 N–H and O–H groups in total. The van der Waals surface area contributed by atoms with Crippen molar-refractivity contribution in [2.45, 2.75) is 12.6 Å². The Bertz CT molecular complexity index is 698. The lowest BCUT2D eigenvalue weighted by molar-refractivity contribution is 0.0160. The molecule has 142 valence electrons. The van der Waals surface area contributed by atoms with Gasteiger partial charge in [-0.05, 0) is 17.7 Å². The summed E-state index contributed by atoms with van der Waals surface area (Å²) in [6, 6.07) is 6.41. The number of rotatable bonds is 8. The van der Waals surface area contributed by atoms with Crippen LogP contribution in [0.5, 0.6) is 11.5 Å². The van der Waals surface area contributed by atoms with Crippen LogP contribution in [-0.4, -0.2) is 61.7 Å². The first-order chi connectivity index (χ1) is 12.7. The number of methoxy groups -OCH3 is 2. The molecule has 2 aromatic rings. The summed E-state index contributed by atoms with van der Waals surface area (Å²) in [5.74, 6) is 1.51. The third kappa shape index (κ3) is 4.55. The van der Waals surface area contributed by atoms with E-state index in [1.807, 2.05) is 30.2 Å². The largest absolute Gasteiger partial charge is 0.493 e. The van der Waals surface area contributed by atoms with Crippen LogP contribution in [0.3, 0.4) is 0 Å². The van der Waals surface area contributed by atoms with E-state index in [1.54, 1.807) is 14.2 Å². The summed E-state index contributed by atoms with van der Waals surface area (Å²) in [5, 5.41) is 7.79. The molecule has 1 aliphatic rings. The zero-order chi connectivity index (χ0) is 18.4. The molecule has 1 aliphatic heterocycles. The summed E-state index contributed by atoms with van der Waals surface area (Å²) >= 11 is 0. The number of nitrogens with zero attached hydrogens (tertiary/aromatic N) is 3. The van der Waals surface area contributed by atoms with Crippen molar-refractivity contribution in [2.75, 3.05) is 47.1 Å². The summed E-state index contributed by atoms with van der Waals surface area (Å²) in [6.45, 7) is 5.02. The van der Waals surface area contributed by atoms with Crippen LogP contribution >= 0.6 is 0 Å². The Hall–Kier alpha value is -2.09. The maximum absolute atomic E-state index is 5.53. The van der Waals surface area contributed by atoms with Gasteiger partial charge in [-0.25, -0.2) is 0 Å². The van der Waals surface area contributed by atoms with Crippen LogP contribution in [0.2, 0.25) is 0 Å². The van der Waals surface area contributed by atoms with Gasteiger partial charge in [0.25, 0.3) is 0 Å². The summed E-state index contributed by atoms with van der Waals surface area (Å²) in [7, 11) is 5.27. The zero-order valence-corrected chi connectivity index (χ0v) is 15.8. The van der Waals surface area contributed by atoms with E-state index in [1.165, 1.54) is 11.1 Å². The molecule has 0 amide bonds. The van der Waals surface area contributed by atoms with Crippen LogP contribution in [0.1, 0.15) is 17.2 Å².